The summed E-state index contributed by atoms with van der Waals surface area (Å²) in [6, 6.07) is 21.0. The molecule has 0 N–H and O–H groups in total. The molecule has 0 amide bonds. The van der Waals surface area contributed by atoms with Gasteiger partial charge >= 0.3 is 33.0 Å². The standard InChI is InChI=1S/C23H43NP2.C6H5.C2H3N.F6P.Ir/c1-20(2,3)25(21(4,5)6)16-18-14-13-15-19(24-18)17-26(22(7,8)9)23(10,11)12;1-2-4-6-5-3-1;1-2-3;1-7(2,3,4,5)6;/h13-15H,16-17H2,1-12H3;1-5H;1H3;;/q;-1;;-1;. The van der Waals surface area contributed by atoms with E-state index in [1.807, 2.05) is 30.3 Å². The minimum absolute atomic E-state index is 0. The van der Waals surface area contributed by atoms with Crippen molar-refractivity contribution in [2.45, 2.75) is 123 Å². The van der Waals surface area contributed by atoms with Gasteiger partial charge in [-0.05, 0) is 32.8 Å². The Morgan fingerprint density at radius 2 is 0.907 bits per heavy atom. The third-order valence-electron chi connectivity index (χ3n) is 5.35. The van der Waals surface area contributed by atoms with E-state index < -0.39 is 7.81 Å². The van der Waals surface area contributed by atoms with Crippen molar-refractivity contribution in [3.05, 3.63) is 66.0 Å². The van der Waals surface area contributed by atoms with Crippen LogP contribution in [0.3, 0.4) is 0 Å². The van der Waals surface area contributed by atoms with E-state index in [0.29, 0.717) is 20.6 Å². The van der Waals surface area contributed by atoms with Gasteiger partial charge in [-0.15, -0.1) is 0 Å². The summed E-state index contributed by atoms with van der Waals surface area (Å²) >= 11 is 0. The van der Waals surface area contributed by atoms with Crippen LogP contribution in [0.1, 0.15) is 101 Å². The molecule has 43 heavy (non-hydrogen) atoms. The summed E-state index contributed by atoms with van der Waals surface area (Å²) < 4.78 is 59.2. The summed E-state index contributed by atoms with van der Waals surface area (Å²) in [4.78, 5) is 5.14. The summed E-state index contributed by atoms with van der Waals surface area (Å²) in [5.74, 6) is 0. The predicted molar refractivity (Wildman–Crippen MR) is 175 cm³/mol. The van der Waals surface area contributed by atoms with Crippen LogP contribution < -0.4 is 0 Å². The third-order valence-corrected chi connectivity index (χ3v) is 13.1. The summed E-state index contributed by atoms with van der Waals surface area (Å²) in [7, 11) is -11.0. The van der Waals surface area contributed by atoms with Crippen molar-refractivity contribution in [2.24, 2.45) is 0 Å². The van der Waals surface area contributed by atoms with Crippen LogP contribution in [0.15, 0.2) is 48.5 Å². The Labute approximate surface area is 273 Å². The number of hydrogen-bond donors (Lipinski definition) is 0. The first-order valence-electron chi connectivity index (χ1n) is 13.6. The second-order valence-electron chi connectivity index (χ2n) is 13.7. The molecule has 0 saturated heterocycles. The van der Waals surface area contributed by atoms with Crippen molar-refractivity contribution in [1.82, 2.24) is 4.98 Å². The average molecular weight is 851 g/mol. The normalized spacial score (nSPS) is 13.8. The van der Waals surface area contributed by atoms with Crippen LogP contribution in [0.2, 0.25) is 0 Å². The number of nitriles is 1. The zero-order valence-electron chi connectivity index (χ0n) is 27.9. The molecule has 0 aliphatic carbocycles. The fourth-order valence-electron chi connectivity index (χ4n) is 4.33. The molecule has 0 atom stereocenters. The van der Waals surface area contributed by atoms with Crippen LogP contribution in [0.4, 0.5) is 25.2 Å². The molecule has 253 valence electrons. The van der Waals surface area contributed by atoms with Gasteiger partial charge in [0.15, 0.2) is 0 Å². The Morgan fingerprint density at radius 1 is 0.651 bits per heavy atom. The molecule has 2 nitrogen and oxygen atoms in total. The van der Waals surface area contributed by atoms with E-state index in [2.05, 4.69) is 107 Å². The van der Waals surface area contributed by atoms with Crippen LogP contribution >= 0.6 is 23.7 Å². The van der Waals surface area contributed by atoms with Crippen LogP contribution in [0.5, 0.6) is 0 Å². The van der Waals surface area contributed by atoms with Gasteiger partial charge in [0.05, 0.1) is 6.07 Å². The smallest absolute Gasteiger partial charge is 0 e. The first-order valence-corrected chi connectivity index (χ1v) is 18.7. The molecule has 0 fully saturated rings. The number of nitrogens with zero attached hydrogens (tertiary/aromatic N) is 2. The minimum Gasteiger partial charge on any atom is -0.184 e. The maximum Gasteiger partial charge on any atom is 0 e. The number of benzene rings is 1. The van der Waals surface area contributed by atoms with E-state index >= 15 is 0 Å². The number of pyridine rings is 1. The Morgan fingerprint density at radius 3 is 1.07 bits per heavy atom. The van der Waals surface area contributed by atoms with Crippen molar-refractivity contribution < 1.29 is 45.3 Å². The number of halogens is 6. The van der Waals surface area contributed by atoms with Crippen molar-refractivity contribution in [2.75, 3.05) is 0 Å². The molecule has 1 aromatic heterocycles. The Bertz CT molecular complexity index is 981. The SMILES string of the molecule is CC#N.CC(C)(C)P(Cc1cccc(CP(C(C)(C)C)C(C)(C)C)n1)C(C)(C)C.F[P-](F)(F)(F)(F)F.[Ir].[c-]1ccccc1. The van der Waals surface area contributed by atoms with Crippen molar-refractivity contribution in [3.63, 3.8) is 0 Å². The molecule has 0 aliphatic heterocycles. The molecule has 1 aromatic carbocycles. The fourth-order valence-corrected chi connectivity index (χ4v) is 11.3. The van der Waals surface area contributed by atoms with Gasteiger partial charge in [-0.3, -0.25) is 4.98 Å². The van der Waals surface area contributed by atoms with Crippen LogP contribution in [0.25, 0.3) is 0 Å². The zero-order valence-corrected chi connectivity index (χ0v) is 32.9. The second-order valence-corrected chi connectivity index (χ2v) is 23.4. The van der Waals surface area contributed by atoms with Gasteiger partial charge in [0, 0.05) is 50.7 Å². The average Bonchev–Trinajstić information content (AvgIpc) is 2.73. The number of hydrogen-bond acceptors (Lipinski definition) is 2. The largest absolute Gasteiger partial charge is 0.184 e. The van der Waals surface area contributed by atoms with E-state index in [1.54, 1.807) is 6.07 Å². The Hall–Kier alpha value is -0.621. The molecule has 0 saturated carbocycles. The van der Waals surface area contributed by atoms with Crippen molar-refractivity contribution >= 4 is 23.7 Å². The maximum absolute atomic E-state index is 10.7. The predicted octanol–water partition coefficient (Wildman–Crippen LogP) is 13.6. The molecule has 0 aliphatic rings. The van der Waals surface area contributed by atoms with E-state index in [0.717, 1.165) is 12.3 Å². The number of aromatic nitrogens is 1. The molecule has 0 bridgehead atoms. The van der Waals surface area contributed by atoms with Crippen LogP contribution in [0, 0.1) is 17.4 Å². The van der Waals surface area contributed by atoms with Gasteiger partial charge in [-0.2, -0.15) is 41.7 Å². The molecule has 1 heterocycles. The van der Waals surface area contributed by atoms with Gasteiger partial charge < -0.3 is 0 Å². The summed E-state index contributed by atoms with van der Waals surface area (Å²) in [6.07, 6.45) is 2.25. The minimum atomic E-state index is -10.7. The van der Waals surface area contributed by atoms with Gasteiger partial charge in [-0.1, -0.05) is 105 Å². The van der Waals surface area contributed by atoms with Gasteiger partial charge in [-0.25, -0.2) is 0 Å². The van der Waals surface area contributed by atoms with Crippen molar-refractivity contribution in [1.29, 1.82) is 5.26 Å². The molecular formula is C31H51F6IrN2P3-2. The quantitative estimate of drug-likeness (QED) is 0.175. The summed E-state index contributed by atoms with van der Waals surface area (Å²) in [5, 5.41) is 8.69. The molecule has 0 unspecified atom stereocenters. The van der Waals surface area contributed by atoms with Gasteiger partial charge in [0.1, 0.15) is 0 Å². The number of rotatable bonds is 4. The Balaban J connectivity index is -0.000000763. The molecule has 2 rings (SSSR count). The molecule has 1 radical (unpaired) electrons. The van der Waals surface area contributed by atoms with E-state index in [1.165, 1.54) is 18.3 Å². The maximum atomic E-state index is 9.87. The van der Waals surface area contributed by atoms with Crippen LogP contribution in [-0.2, 0) is 32.4 Å². The third kappa shape index (κ3) is 28.6. The summed E-state index contributed by atoms with van der Waals surface area (Å²) in [6.45, 7) is 30.2. The summed E-state index contributed by atoms with van der Waals surface area (Å²) in [5.41, 5.74) is 2.58. The molecule has 2 aromatic rings. The molecule has 0 spiro atoms. The Kier molecular flexibility index (Phi) is 18.3. The van der Waals surface area contributed by atoms with Crippen LogP contribution in [-0.4, -0.2) is 25.6 Å². The van der Waals surface area contributed by atoms with Gasteiger partial charge in [0.25, 0.3) is 0 Å². The fraction of sp³-hybridized carbons (Fsp3) is 0.613. The van der Waals surface area contributed by atoms with Crippen molar-refractivity contribution in [3.8, 4) is 6.07 Å². The zero-order chi connectivity index (χ0) is 33.9. The topological polar surface area (TPSA) is 36.7 Å². The molecular weight excluding hydrogens is 799 g/mol. The monoisotopic (exact) mass is 851 g/mol. The first-order chi connectivity index (χ1) is 18.3. The first kappa shape index (κ1) is 46.8. The molecule has 12 heteroatoms. The van der Waals surface area contributed by atoms with E-state index in [-0.39, 0.29) is 35.9 Å². The second kappa shape index (κ2) is 16.8. The van der Waals surface area contributed by atoms with Gasteiger partial charge in [0.2, 0.25) is 0 Å². The van der Waals surface area contributed by atoms with E-state index in [4.69, 9.17) is 10.2 Å². The van der Waals surface area contributed by atoms with E-state index in [9.17, 15) is 25.2 Å².